The van der Waals surface area contributed by atoms with Crippen LogP contribution < -0.4 is 0 Å². The summed E-state index contributed by atoms with van der Waals surface area (Å²) in [5.74, 6) is 0.534. The first kappa shape index (κ1) is 18.9. The minimum absolute atomic E-state index is 0.499. The van der Waals surface area contributed by atoms with Crippen molar-refractivity contribution in [2.45, 2.75) is 44.0 Å². The summed E-state index contributed by atoms with van der Waals surface area (Å²) in [6.45, 7) is 6.03. The van der Waals surface area contributed by atoms with E-state index in [1.165, 1.54) is 0 Å². The van der Waals surface area contributed by atoms with Crippen molar-refractivity contribution in [3.8, 4) is 0 Å². The van der Waals surface area contributed by atoms with Crippen LogP contribution in [-0.4, -0.2) is 64.2 Å². The van der Waals surface area contributed by atoms with Gasteiger partial charge < -0.3 is 24.3 Å². The lowest BCUT2D eigenvalue weighted by atomic mass is 9.93. The number of rotatable bonds is 4. The summed E-state index contributed by atoms with van der Waals surface area (Å²) in [6.07, 6.45) is 1.71. The maximum Gasteiger partial charge on any atom is 0.164 e. The molecule has 5 atom stereocenters. The zero-order chi connectivity index (χ0) is 19.8. The van der Waals surface area contributed by atoms with Crippen LogP contribution >= 0.6 is 0 Å². The Morgan fingerprint density at radius 1 is 1.32 bits per heavy atom. The number of fused-ring (bicyclic) bond motifs is 1. The van der Waals surface area contributed by atoms with Crippen molar-refractivity contribution in [3.63, 3.8) is 0 Å². The quantitative estimate of drug-likeness (QED) is 0.780. The van der Waals surface area contributed by atoms with Crippen LogP contribution in [0, 0.1) is 0 Å². The predicted octanol–water partition coefficient (Wildman–Crippen LogP) is 1.59. The number of nitrogens with zero attached hydrogens (tertiary/aromatic N) is 4. The molecule has 148 valence electrons. The van der Waals surface area contributed by atoms with Crippen LogP contribution in [0.1, 0.15) is 35.9 Å². The summed E-state index contributed by atoms with van der Waals surface area (Å²) in [5.41, 5.74) is 3.59. The Hall–Kier alpha value is -2.39. The third kappa shape index (κ3) is 2.98. The largest absolute Gasteiger partial charge is 0.387 e. The summed E-state index contributed by atoms with van der Waals surface area (Å²) in [6, 6.07) is 3.80. The van der Waals surface area contributed by atoms with Gasteiger partial charge in [-0.05, 0) is 37.8 Å². The topological polar surface area (TPSA) is 101 Å². The molecule has 8 heteroatoms. The Balaban J connectivity index is 1.67. The predicted molar refractivity (Wildman–Crippen MR) is 104 cm³/mol. The van der Waals surface area contributed by atoms with Gasteiger partial charge in [0, 0.05) is 42.5 Å². The van der Waals surface area contributed by atoms with Gasteiger partial charge in [0.05, 0.1) is 6.61 Å². The first-order valence-corrected chi connectivity index (χ1v) is 9.24. The Labute approximate surface area is 163 Å². The maximum atomic E-state index is 10.7. The van der Waals surface area contributed by atoms with Gasteiger partial charge in [0.25, 0.3) is 0 Å². The smallest absolute Gasteiger partial charge is 0.164 e. The summed E-state index contributed by atoms with van der Waals surface area (Å²) >= 11 is 0. The third-order valence-corrected chi connectivity index (χ3v) is 5.53. The molecule has 1 fully saturated rings. The number of ether oxygens (including phenoxy) is 2. The molecular weight excluding hydrogens is 360 g/mol. The molecule has 1 saturated heterocycles. The van der Waals surface area contributed by atoms with Gasteiger partial charge in [-0.1, -0.05) is 0 Å². The molecule has 0 amide bonds. The lowest BCUT2D eigenvalue weighted by molar-refractivity contribution is -0.114. The highest BCUT2D eigenvalue weighted by Crippen LogP contribution is 2.42. The lowest BCUT2D eigenvalue weighted by Crippen LogP contribution is -2.37. The number of aliphatic imine (C=N–C) groups is 2. The van der Waals surface area contributed by atoms with Gasteiger partial charge >= 0.3 is 0 Å². The molecule has 2 aromatic rings. The summed E-state index contributed by atoms with van der Waals surface area (Å²) in [4.78, 5) is 12.5. The molecule has 2 aromatic heterocycles. The maximum absolute atomic E-state index is 10.7. The third-order valence-electron chi connectivity index (χ3n) is 5.53. The standard InChI is InChI=1S/C20H24N4O4/c1-11(21-2)13-5-8-24(19(13)22-3)20-16(26)15(25)18(28-20)17-14-10-23-7-4-12(14)6-9-27-17/h4-5,7-8,10,15-18,20,25-26H,3,6,9H2,1-2H3/t15-,16+,17+,18-,20+/m0/s1. The van der Waals surface area contributed by atoms with E-state index in [0.717, 1.165) is 28.8 Å². The Morgan fingerprint density at radius 2 is 2.14 bits per heavy atom. The van der Waals surface area contributed by atoms with E-state index in [0.29, 0.717) is 12.4 Å². The van der Waals surface area contributed by atoms with Crippen LogP contribution in [-0.2, 0) is 15.9 Å². The van der Waals surface area contributed by atoms with Crippen molar-refractivity contribution in [2.24, 2.45) is 9.98 Å². The SMILES string of the molecule is C=Nc1c(C(C)=NC)ccn1[C@@H]1O[C@H]([C@@H]2OCCc3ccncc32)[C@@H](O)[C@H]1O. The van der Waals surface area contributed by atoms with E-state index >= 15 is 0 Å². The van der Waals surface area contributed by atoms with Gasteiger partial charge in [-0.3, -0.25) is 9.98 Å². The van der Waals surface area contributed by atoms with Crippen molar-refractivity contribution in [1.29, 1.82) is 0 Å². The van der Waals surface area contributed by atoms with E-state index in [9.17, 15) is 10.2 Å². The van der Waals surface area contributed by atoms with E-state index in [1.807, 2.05) is 19.1 Å². The van der Waals surface area contributed by atoms with Gasteiger partial charge in [-0.15, -0.1) is 0 Å². The van der Waals surface area contributed by atoms with Crippen LogP contribution in [0.5, 0.6) is 0 Å². The summed E-state index contributed by atoms with van der Waals surface area (Å²) in [5, 5.41) is 21.5. The first-order valence-electron chi connectivity index (χ1n) is 9.24. The number of aromatic nitrogens is 2. The van der Waals surface area contributed by atoms with E-state index in [-0.39, 0.29) is 0 Å². The molecule has 4 rings (SSSR count). The number of hydrogen-bond donors (Lipinski definition) is 2. The van der Waals surface area contributed by atoms with Crippen LogP contribution in [0.25, 0.3) is 0 Å². The first-order chi connectivity index (χ1) is 13.6. The van der Waals surface area contributed by atoms with Crippen LogP contribution in [0.3, 0.4) is 0 Å². The second-order valence-electron chi connectivity index (χ2n) is 7.02. The van der Waals surface area contributed by atoms with Crippen molar-refractivity contribution in [1.82, 2.24) is 9.55 Å². The zero-order valence-corrected chi connectivity index (χ0v) is 15.9. The molecule has 8 nitrogen and oxygen atoms in total. The highest BCUT2D eigenvalue weighted by atomic mass is 16.6. The van der Waals surface area contributed by atoms with Crippen LogP contribution in [0.4, 0.5) is 5.82 Å². The normalized spacial score (nSPS) is 30.3. The van der Waals surface area contributed by atoms with Crippen LogP contribution in [0.2, 0.25) is 0 Å². The van der Waals surface area contributed by atoms with Gasteiger partial charge in [0.15, 0.2) is 6.23 Å². The fourth-order valence-corrected chi connectivity index (χ4v) is 3.96. The molecule has 0 aromatic carbocycles. The van der Waals surface area contributed by atoms with E-state index in [1.54, 1.807) is 30.2 Å². The molecule has 2 aliphatic rings. The zero-order valence-electron chi connectivity index (χ0n) is 15.9. The Morgan fingerprint density at radius 3 is 2.89 bits per heavy atom. The molecule has 0 spiro atoms. The number of aliphatic hydroxyl groups is 2. The van der Waals surface area contributed by atoms with Crippen molar-refractivity contribution in [2.75, 3.05) is 13.7 Å². The second kappa shape index (κ2) is 7.56. The molecule has 28 heavy (non-hydrogen) atoms. The van der Waals surface area contributed by atoms with Gasteiger partial charge in [-0.25, -0.2) is 4.99 Å². The van der Waals surface area contributed by atoms with Crippen molar-refractivity contribution >= 4 is 18.2 Å². The van der Waals surface area contributed by atoms with Gasteiger partial charge in [0.2, 0.25) is 0 Å². The average molecular weight is 384 g/mol. The lowest BCUT2D eigenvalue weighted by Gasteiger charge is -2.31. The van der Waals surface area contributed by atoms with Crippen molar-refractivity contribution < 1.29 is 19.7 Å². The molecule has 0 bridgehead atoms. The number of aliphatic hydroxyl groups excluding tert-OH is 2. The van der Waals surface area contributed by atoms with E-state index in [2.05, 4.69) is 21.7 Å². The summed E-state index contributed by atoms with van der Waals surface area (Å²) < 4.78 is 13.7. The van der Waals surface area contributed by atoms with Crippen LogP contribution in [0.15, 0.2) is 40.7 Å². The van der Waals surface area contributed by atoms with E-state index in [4.69, 9.17) is 9.47 Å². The number of pyridine rings is 1. The Kier molecular flexibility index (Phi) is 5.11. The summed E-state index contributed by atoms with van der Waals surface area (Å²) in [7, 11) is 1.70. The molecular formula is C20H24N4O4. The van der Waals surface area contributed by atoms with E-state index < -0.39 is 30.6 Å². The second-order valence-corrected chi connectivity index (χ2v) is 7.02. The molecule has 0 aliphatic carbocycles. The highest BCUT2D eigenvalue weighted by molar-refractivity contribution is 6.02. The average Bonchev–Trinajstić information content (AvgIpc) is 3.28. The van der Waals surface area contributed by atoms with Gasteiger partial charge in [0.1, 0.15) is 30.2 Å². The molecule has 0 radical (unpaired) electrons. The Bertz CT molecular complexity index is 909. The molecule has 4 heterocycles. The minimum atomic E-state index is -1.14. The highest BCUT2D eigenvalue weighted by Gasteiger charge is 2.49. The fourth-order valence-electron chi connectivity index (χ4n) is 3.96. The van der Waals surface area contributed by atoms with Crippen molar-refractivity contribution in [3.05, 3.63) is 47.4 Å². The molecule has 2 N–H and O–H groups in total. The van der Waals surface area contributed by atoms with Gasteiger partial charge in [-0.2, -0.15) is 0 Å². The number of hydrogen-bond acceptors (Lipinski definition) is 7. The minimum Gasteiger partial charge on any atom is -0.387 e. The molecule has 0 unspecified atom stereocenters. The molecule has 0 saturated carbocycles. The molecule has 2 aliphatic heterocycles. The monoisotopic (exact) mass is 384 g/mol. The fraction of sp³-hybridized carbons (Fsp3) is 0.450.